The predicted octanol–water partition coefficient (Wildman–Crippen LogP) is 3.10. The Morgan fingerprint density at radius 2 is 1.90 bits per heavy atom. The fourth-order valence-electron chi connectivity index (χ4n) is 1.75. The molecule has 5 nitrogen and oxygen atoms in total. The molecule has 1 N–H and O–H groups in total. The van der Waals surface area contributed by atoms with Crippen molar-refractivity contribution in [3.05, 3.63) is 18.2 Å². The number of alkyl halides is 1. The Kier molecular flexibility index (Phi) is 7.11. The number of hydrogen-bond donors (Lipinski definition) is 1. The molecule has 1 unspecified atom stereocenters. The summed E-state index contributed by atoms with van der Waals surface area (Å²) in [5.41, 5.74) is 0.379. The van der Waals surface area contributed by atoms with E-state index in [9.17, 15) is 8.42 Å². The number of sulfonamides is 1. The molecule has 0 saturated carbocycles. The quantitative estimate of drug-likeness (QED) is 0.704. The van der Waals surface area contributed by atoms with Crippen LogP contribution < -0.4 is 14.2 Å². The van der Waals surface area contributed by atoms with Crippen LogP contribution in [-0.2, 0) is 10.0 Å². The molecule has 0 bridgehead atoms. The van der Waals surface area contributed by atoms with Crippen molar-refractivity contribution in [2.45, 2.75) is 20.8 Å². The maximum atomic E-state index is 12.1. The van der Waals surface area contributed by atoms with Gasteiger partial charge in [-0.3, -0.25) is 4.72 Å². The second kappa shape index (κ2) is 8.34. The van der Waals surface area contributed by atoms with E-state index in [0.29, 0.717) is 30.4 Å². The van der Waals surface area contributed by atoms with Crippen molar-refractivity contribution in [1.29, 1.82) is 0 Å². The summed E-state index contributed by atoms with van der Waals surface area (Å²) in [6.45, 7) is 6.43. The minimum absolute atomic E-state index is 0.0407. The van der Waals surface area contributed by atoms with Gasteiger partial charge >= 0.3 is 0 Å². The smallest absolute Gasteiger partial charge is 0.233 e. The minimum Gasteiger partial charge on any atom is -0.494 e. The van der Waals surface area contributed by atoms with Gasteiger partial charge in [-0.05, 0) is 31.9 Å². The maximum absolute atomic E-state index is 12.1. The second-order valence-electron chi connectivity index (χ2n) is 4.67. The average Bonchev–Trinajstić information content (AvgIpc) is 2.41. The SMILES string of the molecule is CCOc1ccc(OCC)c(NS(=O)(=O)CC(C)CCl)c1. The molecule has 21 heavy (non-hydrogen) atoms. The summed E-state index contributed by atoms with van der Waals surface area (Å²) in [7, 11) is -3.49. The first-order valence-corrected chi connectivity index (χ1v) is 9.06. The summed E-state index contributed by atoms with van der Waals surface area (Å²) >= 11 is 5.67. The zero-order valence-corrected chi connectivity index (χ0v) is 14.1. The van der Waals surface area contributed by atoms with E-state index in [2.05, 4.69) is 4.72 Å². The van der Waals surface area contributed by atoms with Gasteiger partial charge in [0, 0.05) is 11.9 Å². The molecular weight excluding hydrogens is 314 g/mol. The van der Waals surface area contributed by atoms with Crippen LogP contribution in [0.3, 0.4) is 0 Å². The molecule has 0 aliphatic heterocycles. The van der Waals surface area contributed by atoms with Gasteiger partial charge in [0.2, 0.25) is 10.0 Å². The van der Waals surface area contributed by atoms with Crippen LogP contribution in [0.25, 0.3) is 0 Å². The molecule has 0 aliphatic carbocycles. The standard InChI is InChI=1S/C14H22ClNO4S/c1-4-19-12-6-7-14(20-5-2)13(8-12)16-21(17,18)10-11(3)9-15/h6-8,11,16H,4-5,9-10H2,1-3H3. The first-order chi connectivity index (χ1) is 9.91. The molecule has 0 radical (unpaired) electrons. The van der Waals surface area contributed by atoms with E-state index in [-0.39, 0.29) is 17.6 Å². The molecular formula is C14H22ClNO4S. The molecule has 7 heteroatoms. The molecule has 0 amide bonds. The third-order valence-corrected chi connectivity index (χ3v) is 4.66. The summed E-state index contributed by atoms with van der Waals surface area (Å²) in [5, 5.41) is 0. The molecule has 0 saturated heterocycles. The highest BCUT2D eigenvalue weighted by Crippen LogP contribution is 2.30. The van der Waals surface area contributed by atoms with Gasteiger partial charge in [-0.15, -0.1) is 11.6 Å². The number of hydrogen-bond acceptors (Lipinski definition) is 4. The van der Waals surface area contributed by atoms with Gasteiger partial charge in [0.05, 0.1) is 24.7 Å². The van der Waals surface area contributed by atoms with Gasteiger partial charge in [-0.1, -0.05) is 6.92 Å². The topological polar surface area (TPSA) is 64.6 Å². The minimum atomic E-state index is -3.49. The van der Waals surface area contributed by atoms with Crippen molar-refractivity contribution in [1.82, 2.24) is 0 Å². The number of benzene rings is 1. The zero-order chi connectivity index (χ0) is 15.9. The van der Waals surface area contributed by atoms with Gasteiger partial charge in [-0.2, -0.15) is 0 Å². The lowest BCUT2D eigenvalue weighted by Crippen LogP contribution is -2.22. The van der Waals surface area contributed by atoms with Crippen LogP contribution in [0.4, 0.5) is 5.69 Å². The molecule has 0 fully saturated rings. The Morgan fingerprint density at radius 3 is 2.48 bits per heavy atom. The monoisotopic (exact) mass is 335 g/mol. The van der Waals surface area contributed by atoms with Gasteiger partial charge in [0.25, 0.3) is 0 Å². The summed E-state index contributed by atoms with van der Waals surface area (Å²) in [5.74, 6) is 1.18. The number of ether oxygens (including phenoxy) is 2. The number of rotatable bonds is 9. The summed E-state index contributed by atoms with van der Waals surface area (Å²) in [4.78, 5) is 0. The molecule has 1 rings (SSSR count). The molecule has 0 aromatic heterocycles. The van der Waals surface area contributed by atoms with E-state index in [1.165, 1.54) is 0 Å². The summed E-state index contributed by atoms with van der Waals surface area (Å²) in [6, 6.07) is 5.06. The van der Waals surface area contributed by atoms with Crippen molar-refractivity contribution < 1.29 is 17.9 Å². The second-order valence-corrected chi connectivity index (χ2v) is 6.74. The van der Waals surface area contributed by atoms with Gasteiger partial charge in [0.15, 0.2) is 0 Å². The van der Waals surface area contributed by atoms with Crippen molar-refractivity contribution >= 4 is 27.3 Å². The van der Waals surface area contributed by atoms with Gasteiger partial charge < -0.3 is 9.47 Å². The largest absolute Gasteiger partial charge is 0.494 e. The van der Waals surface area contributed by atoms with Crippen LogP contribution in [0.2, 0.25) is 0 Å². The lowest BCUT2D eigenvalue weighted by Gasteiger charge is -2.15. The van der Waals surface area contributed by atoms with Crippen LogP contribution in [-0.4, -0.2) is 33.3 Å². The van der Waals surface area contributed by atoms with E-state index in [1.807, 2.05) is 13.8 Å². The van der Waals surface area contributed by atoms with Crippen molar-refractivity contribution in [2.24, 2.45) is 5.92 Å². The number of anilines is 1. The Hall–Kier alpha value is -1.14. The normalized spacial score (nSPS) is 12.8. The van der Waals surface area contributed by atoms with Crippen molar-refractivity contribution in [2.75, 3.05) is 29.6 Å². The Labute approximate surface area is 131 Å². The fraction of sp³-hybridized carbons (Fsp3) is 0.571. The fourth-order valence-corrected chi connectivity index (χ4v) is 3.44. The molecule has 1 aromatic carbocycles. The van der Waals surface area contributed by atoms with Crippen LogP contribution in [0.5, 0.6) is 11.5 Å². The lowest BCUT2D eigenvalue weighted by molar-refractivity contribution is 0.332. The van der Waals surface area contributed by atoms with Crippen molar-refractivity contribution in [3.63, 3.8) is 0 Å². The summed E-state index contributed by atoms with van der Waals surface area (Å²) < 4.78 is 37.6. The predicted molar refractivity (Wildman–Crippen MR) is 86.1 cm³/mol. The third-order valence-electron chi connectivity index (χ3n) is 2.59. The van der Waals surface area contributed by atoms with E-state index >= 15 is 0 Å². The average molecular weight is 336 g/mol. The van der Waals surface area contributed by atoms with E-state index < -0.39 is 10.0 Å². The van der Waals surface area contributed by atoms with Crippen LogP contribution >= 0.6 is 11.6 Å². The highest BCUT2D eigenvalue weighted by Gasteiger charge is 2.18. The highest BCUT2D eigenvalue weighted by atomic mass is 35.5. The number of nitrogens with one attached hydrogen (secondary N) is 1. The first-order valence-electron chi connectivity index (χ1n) is 6.88. The van der Waals surface area contributed by atoms with Gasteiger partial charge in [-0.25, -0.2) is 8.42 Å². The highest BCUT2D eigenvalue weighted by molar-refractivity contribution is 7.92. The summed E-state index contributed by atoms with van der Waals surface area (Å²) in [6.07, 6.45) is 0. The molecule has 1 aromatic rings. The molecule has 1 atom stereocenters. The Balaban J connectivity index is 3.00. The van der Waals surface area contributed by atoms with Crippen molar-refractivity contribution in [3.8, 4) is 11.5 Å². The third kappa shape index (κ3) is 6.01. The molecule has 0 heterocycles. The lowest BCUT2D eigenvalue weighted by atomic mass is 10.3. The number of halogens is 1. The van der Waals surface area contributed by atoms with Crippen LogP contribution in [0.15, 0.2) is 18.2 Å². The molecule has 0 aliphatic rings. The van der Waals surface area contributed by atoms with E-state index in [4.69, 9.17) is 21.1 Å². The van der Waals surface area contributed by atoms with Crippen LogP contribution in [0.1, 0.15) is 20.8 Å². The van der Waals surface area contributed by atoms with Gasteiger partial charge in [0.1, 0.15) is 11.5 Å². The van der Waals surface area contributed by atoms with E-state index in [1.54, 1.807) is 25.1 Å². The Morgan fingerprint density at radius 1 is 1.24 bits per heavy atom. The maximum Gasteiger partial charge on any atom is 0.233 e. The molecule has 0 spiro atoms. The Bertz CT molecular complexity index is 548. The first kappa shape index (κ1) is 17.9. The van der Waals surface area contributed by atoms with Crippen LogP contribution in [0, 0.1) is 5.92 Å². The van der Waals surface area contributed by atoms with E-state index in [0.717, 1.165) is 0 Å². The zero-order valence-electron chi connectivity index (χ0n) is 12.6. The molecule has 120 valence electrons.